The van der Waals surface area contributed by atoms with Gasteiger partial charge >= 0.3 is 0 Å². The SMILES string of the molecule is CC(C)CNCCC(C)(O)C1CCCc2cccnc21. The first-order valence-electron chi connectivity index (χ1n) is 7.87. The van der Waals surface area contributed by atoms with Crippen molar-refractivity contribution in [3.63, 3.8) is 0 Å². The number of aliphatic hydroxyl groups is 1. The average Bonchev–Trinajstić information content (AvgIpc) is 2.43. The van der Waals surface area contributed by atoms with E-state index >= 15 is 0 Å². The predicted molar refractivity (Wildman–Crippen MR) is 82.9 cm³/mol. The average molecular weight is 276 g/mol. The van der Waals surface area contributed by atoms with Crippen molar-refractivity contribution in [2.24, 2.45) is 5.92 Å². The standard InChI is InChI=1S/C17H28N2O/c1-13(2)12-18-11-9-17(3,20)15-8-4-6-14-7-5-10-19-16(14)15/h5,7,10,13,15,18,20H,4,6,8-9,11-12H2,1-3H3. The molecular formula is C17H28N2O. The molecule has 2 rings (SSSR count). The van der Waals surface area contributed by atoms with Crippen LogP contribution in [-0.4, -0.2) is 28.8 Å². The maximum Gasteiger partial charge on any atom is 0.0715 e. The minimum absolute atomic E-state index is 0.174. The highest BCUT2D eigenvalue weighted by Crippen LogP contribution is 2.39. The molecule has 0 radical (unpaired) electrons. The van der Waals surface area contributed by atoms with Gasteiger partial charge in [0.25, 0.3) is 0 Å². The van der Waals surface area contributed by atoms with E-state index in [1.54, 1.807) is 0 Å². The molecule has 1 heterocycles. The molecule has 2 unspecified atom stereocenters. The van der Waals surface area contributed by atoms with Crippen molar-refractivity contribution in [3.8, 4) is 0 Å². The van der Waals surface area contributed by atoms with Crippen LogP contribution in [-0.2, 0) is 6.42 Å². The number of nitrogens with one attached hydrogen (secondary N) is 1. The van der Waals surface area contributed by atoms with Gasteiger partial charge in [-0.3, -0.25) is 4.98 Å². The molecule has 2 N–H and O–H groups in total. The maximum atomic E-state index is 10.9. The van der Waals surface area contributed by atoms with Gasteiger partial charge in [-0.1, -0.05) is 19.9 Å². The molecule has 0 spiro atoms. The molecule has 1 aliphatic carbocycles. The third kappa shape index (κ3) is 3.80. The lowest BCUT2D eigenvalue weighted by molar-refractivity contribution is 0.0151. The molecule has 0 fully saturated rings. The topological polar surface area (TPSA) is 45.1 Å². The zero-order chi connectivity index (χ0) is 14.6. The number of fused-ring (bicyclic) bond motifs is 1. The molecule has 3 nitrogen and oxygen atoms in total. The summed E-state index contributed by atoms with van der Waals surface area (Å²) in [6.45, 7) is 8.25. The summed E-state index contributed by atoms with van der Waals surface area (Å²) in [6.07, 6.45) is 5.92. The van der Waals surface area contributed by atoms with E-state index in [9.17, 15) is 5.11 Å². The maximum absolute atomic E-state index is 10.9. The molecule has 0 aromatic carbocycles. The van der Waals surface area contributed by atoms with Gasteiger partial charge in [-0.25, -0.2) is 0 Å². The van der Waals surface area contributed by atoms with E-state index in [0.717, 1.165) is 44.5 Å². The number of hydrogen-bond acceptors (Lipinski definition) is 3. The minimum Gasteiger partial charge on any atom is -0.389 e. The van der Waals surface area contributed by atoms with Gasteiger partial charge in [-0.2, -0.15) is 0 Å². The molecule has 0 amide bonds. The fourth-order valence-electron chi connectivity index (χ4n) is 3.12. The van der Waals surface area contributed by atoms with E-state index in [1.165, 1.54) is 5.56 Å². The minimum atomic E-state index is -0.673. The first-order chi connectivity index (χ1) is 9.50. The van der Waals surface area contributed by atoms with Crippen LogP contribution in [0.4, 0.5) is 0 Å². The highest BCUT2D eigenvalue weighted by atomic mass is 16.3. The molecule has 3 heteroatoms. The Hall–Kier alpha value is -0.930. The molecule has 1 aromatic rings. The van der Waals surface area contributed by atoms with Crippen LogP contribution in [0.15, 0.2) is 18.3 Å². The van der Waals surface area contributed by atoms with Gasteiger partial charge in [-0.05, 0) is 63.2 Å². The molecular weight excluding hydrogens is 248 g/mol. The van der Waals surface area contributed by atoms with Gasteiger partial charge in [0.05, 0.1) is 5.60 Å². The molecule has 2 atom stereocenters. The smallest absolute Gasteiger partial charge is 0.0715 e. The van der Waals surface area contributed by atoms with Crippen LogP contribution in [0.1, 0.15) is 57.2 Å². The number of nitrogens with zero attached hydrogens (tertiary/aromatic N) is 1. The van der Waals surface area contributed by atoms with E-state index in [1.807, 2.05) is 19.2 Å². The summed E-state index contributed by atoms with van der Waals surface area (Å²) >= 11 is 0. The van der Waals surface area contributed by atoms with Crippen molar-refractivity contribution in [2.75, 3.05) is 13.1 Å². The molecule has 0 aliphatic heterocycles. The number of hydrogen-bond donors (Lipinski definition) is 2. The third-order valence-electron chi connectivity index (χ3n) is 4.31. The second-order valence-corrected chi connectivity index (χ2v) is 6.70. The van der Waals surface area contributed by atoms with E-state index in [2.05, 4.69) is 30.2 Å². The normalized spacial score (nSPS) is 21.6. The van der Waals surface area contributed by atoms with Crippen molar-refractivity contribution in [1.82, 2.24) is 10.3 Å². The van der Waals surface area contributed by atoms with Crippen LogP contribution in [0, 0.1) is 5.92 Å². The van der Waals surface area contributed by atoms with E-state index in [0.29, 0.717) is 5.92 Å². The number of rotatable bonds is 6. The molecule has 1 aliphatic rings. The lowest BCUT2D eigenvalue weighted by atomic mass is 9.75. The Labute approximate surface area is 122 Å². The van der Waals surface area contributed by atoms with E-state index in [4.69, 9.17) is 0 Å². The summed E-state index contributed by atoms with van der Waals surface area (Å²) in [6, 6.07) is 4.15. The van der Waals surface area contributed by atoms with E-state index in [-0.39, 0.29) is 5.92 Å². The Balaban J connectivity index is 1.99. The van der Waals surface area contributed by atoms with Crippen molar-refractivity contribution in [3.05, 3.63) is 29.6 Å². The van der Waals surface area contributed by atoms with Gasteiger partial charge in [-0.15, -0.1) is 0 Å². The molecule has 20 heavy (non-hydrogen) atoms. The Morgan fingerprint density at radius 3 is 3.05 bits per heavy atom. The zero-order valence-electron chi connectivity index (χ0n) is 13.0. The van der Waals surface area contributed by atoms with Crippen molar-refractivity contribution < 1.29 is 5.11 Å². The first-order valence-corrected chi connectivity index (χ1v) is 7.87. The fourth-order valence-corrected chi connectivity index (χ4v) is 3.12. The number of aromatic nitrogens is 1. The summed E-state index contributed by atoms with van der Waals surface area (Å²) in [5.74, 6) is 0.824. The van der Waals surface area contributed by atoms with Crippen LogP contribution >= 0.6 is 0 Å². The van der Waals surface area contributed by atoms with E-state index < -0.39 is 5.60 Å². The fraction of sp³-hybridized carbons (Fsp3) is 0.706. The Bertz CT molecular complexity index is 429. The highest BCUT2D eigenvalue weighted by Gasteiger charge is 2.36. The number of pyridine rings is 1. The number of aryl methyl sites for hydroxylation is 1. The van der Waals surface area contributed by atoms with Crippen LogP contribution in [0.2, 0.25) is 0 Å². The van der Waals surface area contributed by atoms with Crippen molar-refractivity contribution in [2.45, 2.75) is 58.0 Å². The summed E-state index contributed by atoms with van der Waals surface area (Å²) in [5.41, 5.74) is 1.76. The largest absolute Gasteiger partial charge is 0.389 e. The molecule has 0 saturated carbocycles. The lowest BCUT2D eigenvalue weighted by Gasteiger charge is -2.36. The third-order valence-corrected chi connectivity index (χ3v) is 4.31. The Morgan fingerprint density at radius 2 is 2.30 bits per heavy atom. The van der Waals surface area contributed by atoms with Crippen LogP contribution in [0.5, 0.6) is 0 Å². The summed E-state index contributed by atoms with van der Waals surface area (Å²) in [5, 5.41) is 14.3. The van der Waals surface area contributed by atoms with Gasteiger partial charge in [0, 0.05) is 17.8 Å². The summed E-state index contributed by atoms with van der Waals surface area (Å²) in [4.78, 5) is 4.54. The molecule has 112 valence electrons. The predicted octanol–water partition coefficient (Wildman–Crippen LogP) is 2.89. The van der Waals surface area contributed by atoms with Gasteiger partial charge in [0.1, 0.15) is 0 Å². The molecule has 0 saturated heterocycles. The second-order valence-electron chi connectivity index (χ2n) is 6.70. The highest BCUT2D eigenvalue weighted by molar-refractivity contribution is 5.28. The van der Waals surface area contributed by atoms with Crippen LogP contribution < -0.4 is 5.32 Å². The van der Waals surface area contributed by atoms with Crippen LogP contribution in [0.25, 0.3) is 0 Å². The van der Waals surface area contributed by atoms with Crippen LogP contribution in [0.3, 0.4) is 0 Å². The van der Waals surface area contributed by atoms with Crippen molar-refractivity contribution >= 4 is 0 Å². The second kappa shape index (κ2) is 6.68. The van der Waals surface area contributed by atoms with Crippen molar-refractivity contribution in [1.29, 1.82) is 0 Å². The summed E-state index contributed by atoms with van der Waals surface area (Å²) < 4.78 is 0. The quantitative estimate of drug-likeness (QED) is 0.785. The summed E-state index contributed by atoms with van der Waals surface area (Å²) in [7, 11) is 0. The van der Waals surface area contributed by atoms with Gasteiger partial charge in [0.15, 0.2) is 0 Å². The lowest BCUT2D eigenvalue weighted by Crippen LogP contribution is -2.39. The Kier molecular flexibility index (Phi) is 5.17. The zero-order valence-corrected chi connectivity index (χ0v) is 13.0. The monoisotopic (exact) mass is 276 g/mol. The molecule has 1 aromatic heterocycles. The van der Waals surface area contributed by atoms with Gasteiger partial charge < -0.3 is 10.4 Å². The first kappa shape index (κ1) is 15.5. The van der Waals surface area contributed by atoms with Gasteiger partial charge in [0.2, 0.25) is 0 Å². The molecule has 0 bridgehead atoms. The Morgan fingerprint density at radius 1 is 1.50 bits per heavy atom.